The van der Waals surface area contributed by atoms with Crippen molar-refractivity contribution in [2.24, 2.45) is 0 Å². The molecule has 0 aliphatic carbocycles. The van der Waals surface area contributed by atoms with Crippen molar-refractivity contribution in [3.8, 4) is 0 Å². The monoisotopic (exact) mass is 634 g/mol. The molecule has 12 heteroatoms. The molecule has 1 aromatic rings. The second kappa shape index (κ2) is 21.0. The SMILES string of the molecule is CC.CC.O=C(CCCCC1SCC2NC(=O)NC21)NCCCCCC(=O)NC(C(=O)N1CCCC1)C(O)c1ccncc1. The molecule has 3 saturated heterocycles. The summed E-state index contributed by atoms with van der Waals surface area (Å²) in [5.74, 6) is 0.459. The normalized spacial score (nSPS) is 21.3. The number of carbonyl (C=O) groups excluding carboxylic acids is 4. The molecule has 44 heavy (non-hydrogen) atoms. The largest absolute Gasteiger partial charge is 0.386 e. The number of rotatable bonds is 15. The highest BCUT2D eigenvalue weighted by Crippen LogP contribution is 2.33. The van der Waals surface area contributed by atoms with Crippen LogP contribution in [0.5, 0.6) is 0 Å². The van der Waals surface area contributed by atoms with Crippen molar-refractivity contribution in [2.45, 2.75) is 121 Å². The van der Waals surface area contributed by atoms with Gasteiger partial charge in [0.25, 0.3) is 0 Å². The molecular formula is C32H54N6O5S. The van der Waals surface area contributed by atoms with E-state index in [1.54, 1.807) is 29.4 Å². The lowest BCUT2D eigenvalue weighted by molar-refractivity contribution is -0.139. The van der Waals surface area contributed by atoms with E-state index in [9.17, 15) is 24.3 Å². The molecule has 248 valence electrons. The van der Waals surface area contributed by atoms with E-state index in [0.29, 0.717) is 43.3 Å². The number of hydrogen-bond acceptors (Lipinski definition) is 7. The van der Waals surface area contributed by atoms with Gasteiger partial charge >= 0.3 is 6.03 Å². The minimum absolute atomic E-state index is 0.0406. The quantitative estimate of drug-likeness (QED) is 0.146. The predicted molar refractivity (Wildman–Crippen MR) is 175 cm³/mol. The van der Waals surface area contributed by atoms with Crippen molar-refractivity contribution in [2.75, 3.05) is 25.4 Å². The van der Waals surface area contributed by atoms with Crippen molar-refractivity contribution in [3.05, 3.63) is 30.1 Å². The number of hydrogen-bond donors (Lipinski definition) is 5. The van der Waals surface area contributed by atoms with E-state index >= 15 is 0 Å². The Morgan fingerprint density at radius 3 is 2.34 bits per heavy atom. The van der Waals surface area contributed by atoms with E-state index in [1.165, 1.54) is 0 Å². The van der Waals surface area contributed by atoms with Crippen LogP contribution in [0.3, 0.4) is 0 Å². The van der Waals surface area contributed by atoms with Crippen LogP contribution in [0.15, 0.2) is 24.5 Å². The summed E-state index contributed by atoms with van der Waals surface area (Å²) in [4.78, 5) is 55.0. The number of urea groups is 1. The summed E-state index contributed by atoms with van der Waals surface area (Å²) in [6.45, 7) is 9.84. The Balaban J connectivity index is 0.00000162. The fourth-order valence-electron chi connectivity index (χ4n) is 5.59. The van der Waals surface area contributed by atoms with Crippen molar-refractivity contribution in [1.82, 2.24) is 31.2 Å². The number of thioether (sulfide) groups is 1. The van der Waals surface area contributed by atoms with Crippen LogP contribution in [0.1, 0.15) is 104 Å². The van der Waals surface area contributed by atoms with Crippen molar-refractivity contribution < 1.29 is 24.3 Å². The summed E-state index contributed by atoms with van der Waals surface area (Å²) in [7, 11) is 0. The predicted octanol–water partition coefficient (Wildman–Crippen LogP) is 3.68. The number of aliphatic hydroxyl groups is 1. The van der Waals surface area contributed by atoms with E-state index in [2.05, 4.69) is 26.3 Å². The van der Waals surface area contributed by atoms with E-state index in [1.807, 2.05) is 39.5 Å². The molecule has 3 fully saturated rings. The number of pyridine rings is 1. The molecule has 4 heterocycles. The van der Waals surface area contributed by atoms with Crippen LogP contribution >= 0.6 is 11.8 Å². The number of aliphatic hydroxyl groups excluding tert-OH is 1. The van der Waals surface area contributed by atoms with Crippen LogP contribution in [0.2, 0.25) is 0 Å². The Labute approximate surface area is 267 Å². The molecule has 4 rings (SSSR count). The van der Waals surface area contributed by atoms with Gasteiger partial charge in [-0.1, -0.05) is 40.5 Å². The van der Waals surface area contributed by atoms with Gasteiger partial charge in [0.05, 0.1) is 12.1 Å². The second-order valence-electron chi connectivity index (χ2n) is 10.8. The average Bonchev–Trinajstić information content (AvgIpc) is 3.80. The molecule has 5 atom stereocenters. The van der Waals surface area contributed by atoms with Crippen molar-refractivity contribution in [1.29, 1.82) is 0 Å². The zero-order valence-electron chi connectivity index (χ0n) is 27.0. The van der Waals surface area contributed by atoms with E-state index in [0.717, 1.165) is 50.7 Å². The molecule has 0 radical (unpaired) electrons. The summed E-state index contributed by atoms with van der Waals surface area (Å²) in [6, 6.07) is 2.62. The highest BCUT2D eigenvalue weighted by molar-refractivity contribution is 8.00. The van der Waals surface area contributed by atoms with Crippen molar-refractivity contribution >= 4 is 35.5 Å². The number of nitrogens with one attached hydrogen (secondary N) is 4. The Morgan fingerprint density at radius 2 is 1.64 bits per heavy atom. The standard InChI is InChI=1S/C28H42N6O5S.2C2H6/c35-22(9-4-3-8-21-24-20(18-40-21)31-28(39)33-24)30-13-5-1-2-10-23(36)32-25(27(38)34-16-6-7-17-34)26(37)19-11-14-29-15-12-19;2*1-2/h11-12,14-15,20-21,24-26,37H,1-10,13,16-18H2,(H,30,35)(H,32,36)(H2,31,33,39);2*1-2H3. The van der Waals surface area contributed by atoms with Gasteiger partial charge in [-0.25, -0.2) is 4.79 Å². The van der Waals surface area contributed by atoms with Gasteiger partial charge in [0, 0.05) is 55.9 Å². The number of nitrogens with zero attached hydrogens (tertiary/aromatic N) is 2. The highest BCUT2D eigenvalue weighted by atomic mass is 32.2. The molecule has 0 bridgehead atoms. The third-order valence-corrected chi connectivity index (χ3v) is 9.36. The summed E-state index contributed by atoms with van der Waals surface area (Å²) < 4.78 is 0. The summed E-state index contributed by atoms with van der Waals surface area (Å²) >= 11 is 1.89. The Bertz CT molecular complexity index is 1010. The van der Waals surface area contributed by atoms with Crippen molar-refractivity contribution in [3.63, 3.8) is 0 Å². The minimum atomic E-state index is -1.15. The smallest absolute Gasteiger partial charge is 0.315 e. The first-order valence-electron chi connectivity index (χ1n) is 16.5. The van der Waals surface area contributed by atoms with Gasteiger partial charge in [-0.3, -0.25) is 19.4 Å². The van der Waals surface area contributed by atoms with Gasteiger partial charge < -0.3 is 31.3 Å². The number of amides is 5. The van der Waals surface area contributed by atoms with E-state index < -0.39 is 12.1 Å². The number of unbranched alkanes of at least 4 members (excludes halogenated alkanes) is 3. The molecule has 5 N–H and O–H groups in total. The average molecular weight is 635 g/mol. The fourth-order valence-corrected chi connectivity index (χ4v) is 7.13. The summed E-state index contributed by atoms with van der Waals surface area (Å²) in [6.07, 6.45) is 9.48. The molecule has 5 amide bonds. The van der Waals surface area contributed by atoms with Gasteiger partial charge in [0.2, 0.25) is 17.7 Å². The molecule has 3 aliphatic heterocycles. The lowest BCUT2D eigenvalue weighted by Gasteiger charge is -2.28. The van der Waals surface area contributed by atoms with Crippen LogP contribution in [0, 0.1) is 0 Å². The third kappa shape index (κ3) is 11.9. The number of aromatic nitrogens is 1. The molecule has 5 unspecified atom stereocenters. The zero-order valence-corrected chi connectivity index (χ0v) is 27.8. The van der Waals surface area contributed by atoms with E-state index in [4.69, 9.17) is 0 Å². The molecule has 0 aromatic carbocycles. The molecule has 1 aromatic heterocycles. The topological polar surface area (TPSA) is 153 Å². The first kappa shape index (κ1) is 37.3. The van der Waals surface area contributed by atoms with Gasteiger partial charge in [-0.15, -0.1) is 0 Å². The van der Waals surface area contributed by atoms with Crippen LogP contribution in [-0.4, -0.2) is 87.5 Å². The number of carbonyl (C=O) groups is 4. The van der Waals surface area contributed by atoms with Crippen LogP contribution in [0.25, 0.3) is 0 Å². The Hall–Kier alpha value is -2.86. The summed E-state index contributed by atoms with van der Waals surface area (Å²) in [5.41, 5.74) is 0.536. The molecule has 11 nitrogen and oxygen atoms in total. The van der Waals surface area contributed by atoms with E-state index in [-0.39, 0.29) is 42.3 Å². The maximum Gasteiger partial charge on any atom is 0.315 e. The third-order valence-electron chi connectivity index (χ3n) is 7.85. The zero-order chi connectivity index (χ0) is 32.3. The Kier molecular flexibility index (Phi) is 17.8. The Morgan fingerprint density at radius 1 is 0.977 bits per heavy atom. The maximum atomic E-state index is 13.1. The highest BCUT2D eigenvalue weighted by Gasteiger charge is 2.42. The number of fused-ring (bicyclic) bond motifs is 1. The number of likely N-dealkylation sites (tertiary alicyclic amines) is 1. The molecule has 0 saturated carbocycles. The first-order valence-corrected chi connectivity index (χ1v) is 17.6. The van der Waals surface area contributed by atoms with Gasteiger partial charge in [0.1, 0.15) is 12.1 Å². The molecular weight excluding hydrogens is 580 g/mol. The second-order valence-corrected chi connectivity index (χ2v) is 12.1. The van der Waals surface area contributed by atoms with Crippen LogP contribution in [0.4, 0.5) is 4.79 Å². The first-order chi connectivity index (χ1) is 21.4. The lowest BCUT2D eigenvalue weighted by atomic mass is 10.0. The van der Waals surface area contributed by atoms with Crippen LogP contribution in [-0.2, 0) is 14.4 Å². The van der Waals surface area contributed by atoms with Gasteiger partial charge in [-0.05, 0) is 56.2 Å². The van der Waals surface area contributed by atoms with Crippen LogP contribution < -0.4 is 21.3 Å². The maximum absolute atomic E-state index is 13.1. The van der Waals surface area contributed by atoms with Gasteiger partial charge in [-0.2, -0.15) is 11.8 Å². The molecule has 0 spiro atoms. The minimum Gasteiger partial charge on any atom is -0.386 e. The summed E-state index contributed by atoms with van der Waals surface area (Å²) in [5, 5.41) is 23.0. The fraction of sp³-hybridized carbons (Fsp3) is 0.719. The lowest BCUT2D eigenvalue weighted by Crippen LogP contribution is -2.51. The molecule has 3 aliphatic rings. The van der Waals surface area contributed by atoms with Gasteiger partial charge in [0.15, 0.2) is 0 Å².